The molecule has 0 aromatic carbocycles. The molecule has 0 N–H and O–H groups in total. The summed E-state index contributed by atoms with van der Waals surface area (Å²) in [6, 6.07) is 0. The molecule has 0 atom stereocenters. The molecule has 0 aliphatic carbocycles. The van der Waals surface area contributed by atoms with Crippen LogP contribution in [0.15, 0.2) is 0 Å². The number of likely N-dealkylation sites (tertiary alicyclic amines) is 1. The number of hydrogen-bond donors (Lipinski definition) is 0. The van der Waals surface area contributed by atoms with E-state index in [9.17, 15) is 13.2 Å². The van der Waals surface area contributed by atoms with Gasteiger partial charge in [-0.2, -0.15) is 8.42 Å². The minimum Gasteiger partial charge on any atom is -0.447 e. The number of carbonyl (C=O) groups is 1. The van der Waals surface area contributed by atoms with E-state index in [1.54, 1.807) is 4.90 Å². The number of hydrogen-bond acceptors (Lipinski definition) is 5. The van der Waals surface area contributed by atoms with Crippen LogP contribution in [0.3, 0.4) is 0 Å². The maximum atomic E-state index is 11.7. The molecule has 0 radical (unpaired) electrons. The number of unbranched alkanes of at least 4 members (excludes halogenated alkanes) is 1. The van der Waals surface area contributed by atoms with Crippen LogP contribution >= 0.6 is 0 Å². The molecule has 1 saturated heterocycles. The van der Waals surface area contributed by atoms with Gasteiger partial charge in [0.2, 0.25) is 0 Å². The molecule has 0 spiro atoms. The van der Waals surface area contributed by atoms with Gasteiger partial charge in [0.1, 0.15) is 0 Å². The molecule has 7 heteroatoms. The Morgan fingerprint density at radius 2 is 1.86 bits per heavy atom. The van der Waals surface area contributed by atoms with E-state index < -0.39 is 10.1 Å². The molecule has 0 aromatic rings. The first kappa shape index (κ1) is 18.2. The van der Waals surface area contributed by atoms with Crippen LogP contribution in [0, 0.1) is 5.92 Å². The third kappa shape index (κ3) is 8.26. The van der Waals surface area contributed by atoms with Crippen molar-refractivity contribution in [2.75, 3.05) is 26.0 Å². The van der Waals surface area contributed by atoms with Gasteiger partial charge < -0.3 is 9.64 Å². The van der Waals surface area contributed by atoms with Gasteiger partial charge >= 0.3 is 6.09 Å². The fourth-order valence-corrected chi connectivity index (χ4v) is 2.85. The van der Waals surface area contributed by atoms with Gasteiger partial charge in [0.15, 0.2) is 0 Å². The highest BCUT2D eigenvalue weighted by atomic mass is 32.2. The van der Waals surface area contributed by atoms with Crippen molar-refractivity contribution < 1.29 is 22.1 Å². The first-order valence-corrected chi connectivity index (χ1v) is 9.39. The van der Waals surface area contributed by atoms with Crippen molar-refractivity contribution in [3.8, 4) is 0 Å². The van der Waals surface area contributed by atoms with Crippen molar-refractivity contribution in [1.82, 2.24) is 4.90 Å². The Labute approximate surface area is 127 Å². The first-order valence-electron chi connectivity index (χ1n) is 7.58. The second kappa shape index (κ2) is 8.58. The summed E-state index contributed by atoms with van der Waals surface area (Å²) >= 11 is 0. The maximum Gasteiger partial charge on any atom is 0.410 e. The Morgan fingerprint density at radius 3 is 2.38 bits per heavy atom. The summed E-state index contributed by atoms with van der Waals surface area (Å²) in [6.45, 7) is 5.46. The second-order valence-corrected chi connectivity index (χ2v) is 7.53. The minimum atomic E-state index is -3.31. The van der Waals surface area contributed by atoms with Gasteiger partial charge in [-0.1, -0.05) is 12.8 Å². The van der Waals surface area contributed by atoms with Crippen LogP contribution in [0.4, 0.5) is 4.79 Å². The van der Waals surface area contributed by atoms with E-state index in [2.05, 4.69) is 0 Å². The van der Waals surface area contributed by atoms with Crippen LogP contribution in [0.1, 0.15) is 46.0 Å². The smallest absolute Gasteiger partial charge is 0.410 e. The van der Waals surface area contributed by atoms with Crippen molar-refractivity contribution in [2.45, 2.75) is 52.1 Å². The lowest BCUT2D eigenvalue weighted by Gasteiger charge is -2.31. The van der Waals surface area contributed by atoms with Crippen molar-refractivity contribution in [1.29, 1.82) is 0 Å². The lowest BCUT2D eigenvalue weighted by atomic mass is 9.92. The monoisotopic (exact) mass is 321 g/mol. The topological polar surface area (TPSA) is 72.9 Å². The highest BCUT2D eigenvalue weighted by Gasteiger charge is 2.23. The Kier molecular flexibility index (Phi) is 7.45. The van der Waals surface area contributed by atoms with Crippen molar-refractivity contribution >= 4 is 16.2 Å². The molecule has 1 aliphatic heterocycles. The molecule has 1 rings (SSSR count). The molecule has 21 heavy (non-hydrogen) atoms. The van der Waals surface area contributed by atoms with E-state index in [0.29, 0.717) is 5.92 Å². The van der Waals surface area contributed by atoms with Gasteiger partial charge in [0.25, 0.3) is 10.1 Å². The Balaban J connectivity index is 2.12. The number of nitrogens with zero attached hydrogens (tertiary/aromatic N) is 1. The summed E-state index contributed by atoms with van der Waals surface area (Å²) in [5, 5.41) is 0. The van der Waals surface area contributed by atoms with Crippen LogP contribution < -0.4 is 0 Å². The molecule has 6 nitrogen and oxygen atoms in total. The summed E-state index contributed by atoms with van der Waals surface area (Å²) < 4.78 is 31.5. The predicted molar refractivity (Wildman–Crippen MR) is 80.6 cm³/mol. The van der Waals surface area contributed by atoms with E-state index in [4.69, 9.17) is 8.92 Å². The molecule has 0 saturated carbocycles. The Bertz CT molecular complexity index is 413. The molecular weight excluding hydrogens is 294 g/mol. The molecule has 1 aliphatic rings. The SMILES string of the molecule is CC(C)OC(=O)N1CCC(CCCCOS(C)(=O)=O)CC1. The van der Waals surface area contributed by atoms with Crippen molar-refractivity contribution in [3.63, 3.8) is 0 Å². The molecule has 1 fully saturated rings. The highest BCUT2D eigenvalue weighted by molar-refractivity contribution is 7.85. The number of piperidine rings is 1. The number of amides is 1. The van der Waals surface area contributed by atoms with Crippen LogP contribution in [-0.2, 0) is 19.0 Å². The molecule has 1 heterocycles. The third-order valence-electron chi connectivity index (χ3n) is 3.51. The van der Waals surface area contributed by atoms with Crippen molar-refractivity contribution in [3.05, 3.63) is 0 Å². The van der Waals surface area contributed by atoms with E-state index in [-0.39, 0.29) is 18.8 Å². The van der Waals surface area contributed by atoms with Crippen LogP contribution in [0.5, 0.6) is 0 Å². The fourth-order valence-electron chi connectivity index (χ4n) is 2.43. The third-order valence-corrected chi connectivity index (χ3v) is 4.11. The summed E-state index contributed by atoms with van der Waals surface area (Å²) in [5.74, 6) is 0.603. The highest BCUT2D eigenvalue weighted by Crippen LogP contribution is 2.23. The second-order valence-electron chi connectivity index (χ2n) is 5.88. The number of ether oxygens (including phenoxy) is 1. The number of carbonyl (C=O) groups excluding carboxylic acids is 1. The van der Waals surface area contributed by atoms with Gasteiger partial charge in [-0.3, -0.25) is 4.18 Å². The molecule has 0 bridgehead atoms. The standard InChI is InChI=1S/C14H27NO5S/c1-12(2)20-14(16)15-9-7-13(8-10-15)6-4-5-11-19-21(3,17)18/h12-13H,4-11H2,1-3H3. The predicted octanol–water partition coefficient (Wildman–Crippen LogP) is 2.39. The summed E-state index contributed by atoms with van der Waals surface area (Å²) in [7, 11) is -3.31. The zero-order valence-corrected chi connectivity index (χ0v) is 14.0. The lowest BCUT2D eigenvalue weighted by molar-refractivity contribution is 0.0646. The normalized spacial score (nSPS) is 17.2. The average Bonchev–Trinajstić information content (AvgIpc) is 2.37. The first-order chi connectivity index (χ1) is 9.78. The van der Waals surface area contributed by atoms with Crippen LogP contribution in [-0.4, -0.2) is 51.5 Å². The summed E-state index contributed by atoms with van der Waals surface area (Å²) in [5.41, 5.74) is 0. The largest absolute Gasteiger partial charge is 0.447 e. The van der Waals surface area contributed by atoms with E-state index in [0.717, 1.165) is 51.4 Å². The molecule has 0 unspecified atom stereocenters. The van der Waals surface area contributed by atoms with E-state index in [1.807, 2.05) is 13.8 Å². The molecular formula is C14H27NO5S. The molecule has 0 aromatic heterocycles. The zero-order valence-electron chi connectivity index (χ0n) is 13.2. The van der Waals surface area contributed by atoms with E-state index >= 15 is 0 Å². The quantitative estimate of drug-likeness (QED) is 0.532. The van der Waals surface area contributed by atoms with Gasteiger partial charge in [-0.25, -0.2) is 4.79 Å². The van der Waals surface area contributed by atoms with Gasteiger partial charge in [0, 0.05) is 13.1 Å². The summed E-state index contributed by atoms with van der Waals surface area (Å²) in [6.07, 6.45) is 5.51. The fraction of sp³-hybridized carbons (Fsp3) is 0.929. The van der Waals surface area contributed by atoms with Crippen LogP contribution in [0.25, 0.3) is 0 Å². The number of rotatable bonds is 7. The average molecular weight is 321 g/mol. The Hall–Kier alpha value is -0.820. The van der Waals surface area contributed by atoms with Gasteiger partial charge in [-0.05, 0) is 39.0 Å². The van der Waals surface area contributed by atoms with Crippen molar-refractivity contribution in [2.24, 2.45) is 5.92 Å². The zero-order chi connectivity index (χ0) is 15.9. The lowest BCUT2D eigenvalue weighted by Crippen LogP contribution is -2.39. The molecule has 1 amide bonds. The van der Waals surface area contributed by atoms with Gasteiger partial charge in [-0.15, -0.1) is 0 Å². The molecule has 124 valence electrons. The van der Waals surface area contributed by atoms with E-state index in [1.165, 1.54) is 0 Å². The Morgan fingerprint density at radius 1 is 1.24 bits per heavy atom. The summed E-state index contributed by atoms with van der Waals surface area (Å²) in [4.78, 5) is 13.5. The minimum absolute atomic E-state index is 0.0786. The van der Waals surface area contributed by atoms with Crippen LogP contribution in [0.2, 0.25) is 0 Å². The maximum absolute atomic E-state index is 11.7. The van der Waals surface area contributed by atoms with Gasteiger partial charge in [0.05, 0.1) is 19.0 Å².